The van der Waals surface area contributed by atoms with E-state index in [0.717, 1.165) is 19.4 Å². The number of sulfonamides is 1. The molecule has 2 atom stereocenters. The van der Waals surface area contributed by atoms with E-state index in [2.05, 4.69) is 10.0 Å². The van der Waals surface area contributed by atoms with Crippen molar-refractivity contribution in [2.45, 2.75) is 43.2 Å². The maximum atomic E-state index is 12.3. The normalized spacial score (nSPS) is 21.7. The summed E-state index contributed by atoms with van der Waals surface area (Å²) in [5.41, 5.74) is 0. The number of piperidine rings is 1. The number of nitrogens with one attached hydrogen (secondary N) is 2. The predicted octanol–water partition coefficient (Wildman–Crippen LogP) is 2.17. The molecule has 23 heavy (non-hydrogen) atoms. The van der Waals surface area contributed by atoms with Gasteiger partial charge in [-0.1, -0.05) is 0 Å². The first-order valence-electron chi connectivity index (χ1n) is 7.13. The SMILES string of the molecule is CC1CC(NS(=O)(=O)c2ccc(OCC(F)F)cc2)CCN1.Cl. The van der Waals surface area contributed by atoms with Crippen LogP contribution in [0.15, 0.2) is 29.2 Å². The number of halogens is 3. The third kappa shape index (κ3) is 6.21. The maximum absolute atomic E-state index is 12.3. The zero-order valence-electron chi connectivity index (χ0n) is 12.7. The van der Waals surface area contributed by atoms with E-state index < -0.39 is 23.1 Å². The van der Waals surface area contributed by atoms with Gasteiger partial charge in [-0.15, -0.1) is 12.4 Å². The Morgan fingerprint density at radius 2 is 2.00 bits per heavy atom. The highest BCUT2D eigenvalue weighted by Gasteiger charge is 2.24. The number of rotatable bonds is 6. The molecule has 1 fully saturated rings. The van der Waals surface area contributed by atoms with Crippen LogP contribution in [-0.2, 0) is 10.0 Å². The molecule has 1 heterocycles. The molecule has 1 aliphatic heterocycles. The van der Waals surface area contributed by atoms with Gasteiger partial charge in [0.2, 0.25) is 10.0 Å². The molecule has 2 unspecified atom stereocenters. The monoisotopic (exact) mass is 370 g/mol. The van der Waals surface area contributed by atoms with Gasteiger partial charge in [0.15, 0.2) is 0 Å². The van der Waals surface area contributed by atoms with Gasteiger partial charge in [0.05, 0.1) is 4.90 Å². The second-order valence-electron chi connectivity index (χ2n) is 5.37. The molecule has 0 radical (unpaired) electrons. The van der Waals surface area contributed by atoms with Crippen LogP contribution in [0.2, 0.25) is 0 Å². The van der Waals surface area contributed by atoms with Gasteiger partial charge in [0.25, 0.3) is 6.43 Å². The van der Waals surface area contributed by atoms with Gasteiger partial charge in [0, 0.05) is 12.1 Å². The van der Waals surface area contributed by atoms with Gasteiger partial charge in [0.1, 0.15) is 12.4 Å². The lowest BCUT2D eigenvalue weighted by molar-refractivity contribution is 0.0819. The molecule has 0 saturated carbocycles. The molecule has 132 valence electrons. The Kier molecular flexibility index (Phi) is 7.66. The summed E-state index contributed by atoms with van der Waals surface area (Å²) in [7, 11) is -3.61. The quantitative estimate of drug-likeness (QED) is 0.805. The molecule has 1 saturated heterocycles. The highest BCUT2D eigenvalue weighted by Crippen LogP contribution is 2.18. The summed E-state index contributed by atoms with van der Waals surface area (Å²) in [4.78, 5) is 0.100. The standard InChI is InChI=1S/C14H20F2N2O3S.ClH/c1-10-8-11(6-7-17-10)18-22(19,20)13-4-2-12(3-5-13)21-9-14(15)16;/h2-5,10-11,14,17-18H,6-9H2,1H3;1H. The van der Waals surface area contributed by atoms with Crippen LogP contribution in [0.1, 0.15) is 19.8 Å². The Labute approximate surface area is 141 Å². The van der Waals surface area contributed by atoms with Gasteiger partial charge >= 0.3 is 0 Å². The van der Waals surface area contributed by atoms with E-state index in [1.807, 2.05) is 6.92 Å². The van der Waals surface area contributed by atoms with Crippen LogP contribution in [0.5, 0.6) is 5.75 Å². The smallest absolute Gasteiger partial charge is 0.272 e. The number of hydrogen-bond donors (Lipinski definition) is 2. The van der Waals surface area contributed by atoms with Crippen molar-refractivity contribution in [3.8, 4) is 5.75 Å². The third-order valence-electron chi connectivity index (χ3n) is 3.46. The lowest BCUT2D eigenvalue weighted by Gasteiger charge is -2.28. The molecule has 5 nitrogen and oxygen atoms in total. The Bertz CT molecular complexity index is 584. The Balaban J connectivity index is 0.00000264. The molecular formula is C14H21ClF2N2O3S. The Morgan fingerprint density at radius 3 is 2.57 bits per heavy atom. The molecule has 0 amide bonds. The van der Waals surface area contributed by atoms with Gasteiger partial charge in [-0.2, -0.15) is 0 Å². The van der Waals surface area contributed by atoms with Gasteiger partial charge in [-0.3, -0.25) is 0 Å². The van der Waals surface area contributed by atoms with E-state index >= 15 is 0 Å². The van der Waals surface area contributed by atoms with Gasteiger partial charge < -0.3 is 10.1 Å². The average Bonchev–Trinajstić information content (AvgIpc) is 2.45. The number of benzene rings is 1. The molecule has 1 aromatic carbocycles. The van der Waals surface area contributed by atoms with Crippen LogP contribution >= 0.6 is 12.4 Å². The van der Waals surface area contributed by atoms with E-state index in [0.29, 0.717) is 0 Å². The molecule has 0 spiro atoms. The first kappa shape index (κ1) is 20.1. The highest BCUT2D eigenvalue weighted by molar-refractivity contribution is 7.89. The molecular weight excluding hydrogens is 350 g/mol. The molecule has 0 aliphatic carbocycles. The van der Waals surface area contributed by atoms with E-state index in [9.17, 15) is 17.2 Å². The number of ether oxygens (including phenoxy) is 1. The van der Waals surface area contributed by atoms with Gasteiger partial charge in [-0.25, -0.2) is 21.9 Å². The predicted molar refractivity (Wildman–Crippen MR) is 86.0 cm³/mol. The summed E-state index contributed by atoms with van der Waals surface area (Å²) >= 11 is 0. The van der Waals surface area contributed by atoms with E-state index in [1.165, 1.54) is 24.3 Å². The summed E-state index contributed by atoms with van der Waals surface area (Å²) in [5.74, 6) is 0.217. The number of hydrogen-bond acceptors (Lipinski definition) is 4. The van der Waals surface area contributed by atoms with Gasteiger partial charge in [-0.05, 0) is 50.6 Å². The summed E-state index contributed by atoms with van der Waals surface area (Å²) in [6, 6.07) is 5.63. The van der Waals surface area contributed by atoms with Crippen LogP contribution in [0.3, 0.4) is 0 Å². The van der Waals surface area contributed by atoms with Crippen molar-refractivity contribution in [2.75, 3.05) is 13.2 Å². The lowest BCUT2D eigenvalue weighted by atomic mass is 10.0. The molecule has 2 rings (SSSR count). The van der Waals surface area contributed by atoms with Crippen LogP contribution in [0.4, 0.5) is 8.78 Å². The van der Waals surface area contributed by atoms with Crippen molar-refractivity contribution in [3.63, 3.8) is 0 Å². The highest BCUT2D eigenvalue weighted by atomic mass is 35.5. The fourth-order valence-electron chi connectivity index (χ4n) is 2.40. The van der Waals surface area contributed by atoms with Crippen molar-refractivity contribution >= 4 is 22.4 Å². The minimum Gasteiger partial charge on any atom is -0.488 e. The zero-order valence-corrected chi connectivity index (χ0v) is 14.3. The van der Waals surface area contributed by atoms with Crippen LogP contribution < -0.4 is 14.8 Å². The summed E-state index contributed by atoms with van der Waals surface area (Å²) in [6.07, 6.45) is -1.10. The lowest BCUT2D eigenvalue weighted by Crippen LogP contribution is -2.46. The molecule has 0 bridgehead atoms. The second kappa shape index (κ2) is 8.77. The van der Waals surface area contributed by atoms with Crippen LogP contribution in [-0.4, -0.2) is 40.1 Å². The average molecular weight is 371 g/mol. The molecule has 2 N–H and O–H groups in total. The summed E-state index contributed by atoms with van der Waals surface area (Å²) in [5, 5.41) is 3.26. The van der Waals surface area contributed by atoms with Crippen LogP contribution in [0.25, 0.3) is 0 Å². The second-order valence-corrected chi connectivity index (χ2v) is 7.09. The molecule has 1 aromatic rings. The minimum absolute atomic E-state index is 0. The summed E-state index contributed by atoms with van der Waals surface area (Å²) in [6.45, 7) is 2.07. The zero-order chi connectivity index (χ0) is 16.2. The third-order valence-corrected chi connectivity index (χ3v) is 4.99. The molecule has 0 aromatic heterocycles. The van der Waals surface area contributed by atoms with Crippen LogP contribution in [0, 0.1) is 0 Å². The van der Waals surface area contributed by atoms with Crippen molar-refractivity contribution in [1.82, 2.24) is 10.0 Å². The molecule has 1 aliphatic rings. The van der Waals surface area contributed by atoms with E-state index in [1.54, 1.807) is 0 Å². The topological polar surface area (TPSA) is 67.4 Å². The maximum Gasteiger partial charge on any atom is 0.272 e. The van der Waals surface area contributed by atoms with E-state index in [4.69, 9.17) is 4.74 Å². The first-order chi connectivity index (χ1) is 10.4. The Hall–Kier alpha value is -0.960. The number of alkyl halides is 2. The summed E-state index contributed by atoms with van der Waals surface area (Å²) < 4.78 is 56.2. The largest absolute Gasteiger partial charge is 0.488 e. The van der Waals surface area contributed by atoms with Crippen molar-refractivity contribution in [2.24, 2.45) is 0 Å². The minimum atomic E-state index is -3.61. The molecule has 9 heteroatoms. The van der Waals surface area contributed by atoms with Crippen molar-refractivity contribution < 1.29 is 21.9 Å². The first-order valence-corrected chi connectivity index (χ1v) is 8.62. The fourth-order valence-corrected chi connectivity index (χ4v) is 3.68. The van der Waals surface area contributed by atoms with E-state index in [-0.39, 0.29) is 35.1 Å². The van der Waals surface area contributed by atoms with Crippen molar-refractivity contribution in [3.05, 3.63) is 24.3 Å². The fraction of sp³-hybridized carbons (Fsp3) is 0.571. The Morgan fingerprint density at radius 1 is 1.35 bits per heavy atom. The van der Waals surface area contributed by atoms with Crippen molar-refractivity contribution in [1.29, 1.82) is 0 Å².